The van der Waals surface area contributed by atoms with E-state index in [0.29, 0.717) is 23.2 Å². The Labute approximate surface area is 121 Å². The van der Waals surface area contributed by atoms with Crippen molar-refractivity contribution in [3.8, 4) is 0 Å². The Bertz CT molecular complexity index is 650. The van der Waals surface area contributed by atoms with Crippen molar-refractivity contribution in [2.24, 2.45) is 11.7 Å². The number of nitrogens with zero attached hydrogens (tertiary/aromatic N) is 2. The Hall–Kier alpha value is -1.24. The molecule has 0 aromatic carbocycles. The van der Waals surface area contributed by atoms with Gasteiger partial charge in [-0.15, -0.1) is 11.3 Å². The quantitative estimate of drug-likeness (QED) is 0.896. The van der Waals surface area contributed by atoms with Gasteiger partial charge in [0.2, 0.25) is 0 Å². The maximum absolute atomic E-state index is 12.0. The Balaban J connectivity index is 1.80. The van der Waals surface area contributed by atoms with Crippen molar-refractivity contribution in [1.82, 2.24) is 14.9 Å². The molecular weight excluding hydrogens is 272 g/mol. The third-order valence-electron chi connectivity index (χ3n) is 4.25. The summed E-state index contributed by atoms with van der Waals surface area (Å²) in [6, 6.07) is 2.40. The third-order valence-corrected chi connectivity index (χ3v) is 5.15. The Morgan fingerprint density at radius 1 is 1.55 bits per heavy atom. The van der Waals surface area contributed by atoms with Crippen LogP contribution in [0.25, 0.3) is 10.2 Å². The second kappa shape index (κ2) is 5.63. The van der Waals surface area contributed by atoms with E-state index in [1.54, 1.807) is 0 Å². The Morgan fingerprint density at radius 3 is 3.20 bits per heavy atom. The average Bonchev–Trinajstić information content (AvgIpc) is 3.06. The van der Waals surface area contributed by atoms with Crippen molar-refractivity contribution in [3.05, 3.63) is 27.6 Å². The molecule has 1 fully saturated rings. The number of thiophene rings is 1. The summed E-state index contributed by atoms with van der Waals surface area (Å²) in [5, 5.41) is 1.90. The van der Waals surface area contributed by atoms with Crippen LogP contribution >= 0.6 is 11.3 Å². The molecule has 1 aliphatic carbocycles. The van der Waals surface area contributed by atoms with Crippen LogP contribution in [0.4, 0.5) is 0 Å². The van der Waals surface area contributed by atoms with E-state index in [1.807, 2.05) is 11.4 Å². The van der Waals surface area contributed by atoms with Gasteiger partial charge in [-0.2, -0.15) is 0 Å². The fourth-order valence-electron chi connectivity index (χ4n) is 3.22. The molecule has 2 atom stereocenters. The number of nitrogens with one attached hydrogen (secondary N) is 1. The molecular formula is C14H20N4OS. The van der Waals surface area contributed by atoms with Crippen molar-refractivity contribution >= 4 is 21.6 Å². The molecule has 2 aromatic heterocycles. The van der Waals surface area contributed by atoms with Crippen LogP contribution in [0, 0.1) is 5.92 Å². The van der Waals surface area contributed by atoms with Crippen LogP contribution in [0.3, 0.4) is 0 Å². The minimum Gasteiger partial charge on any atom is -0.330 e. The van der Waals surface area contributed by atoms with Crippen LogP contribution in [0.5, 0.6) is 0 Å². The lowest BCUT2D eigenvalue weighted by Gasteiger charge is -2.28. The van der Waals surface area contributed by atoms with Crippen molar-refractivity contribution in [1.29, 1.82) is 0 Å². The first-order chi connectivity index (χ1) is 9.69. The molecule has 0 amide bonds. The second-order valence-electron chi connectivity index (χ2n) is 5.56. The number of aromatic amines is 1. The van der Waals surface area contributed by atoms with E-state index >= 15 is 0 Å². The maximum atomic E-state index is 12.0. The van der Waals surface area contributed by atoms with Gasteiger partial charge >= 0.3 is 0 Å². The van der Waals surface area contributed by atoms with E-state index in [4.69, 9.17) is 5.73 Å². The number of nitrogens with two attached hydrogens (primary N) is 1. The molecule has 3 N–H and O–H groups in total. The molecule has 2 unspecified atom stereocenters. The first-order valence-electron chi connectivity index (χ1n) is 7.05. The van der Waals surface area contributed by atoms with Gasteiger partial charge in [-0.25, -0.2) is 4.98 Å². The molecule has 20 heavy (non-hydrogen) atoms. The fourth-order valence-corrected chi connectivity index (χ4v) is 3.95. The number of fused-ring (bicyclic) bond motifs is 1. The first-order valence-corrected chi connectivity index (χ1v) is 7.93. The highest BCUT2D eigenvalue weighted by Crippen LogP contribution is 2.29. The highest BCUT2D eigenvalue weighted by atomic mass is 32.1. The van der Waals surface area contributed by atoms with E-state index in [-0.39, 0.29) is 5.56 Å². The van der Waals surface area contributed by atoms with Gasteiger partial charge in [0.05, 0.1) is 12.1 Å². The summed E-state index contributed by atoms with van der Waals surface area (Å²) in [5.41, 5.74) is 6.60. The monoisotopic (exact) mass is 292 g/mol. The molecule has 2 heterocycles. The summed E-state index contributed by atoms with van der Waals surface area (Å²) >= 11 is 1.43. The molecule has 3 rings (SSSR count). The van der Waals surface area contributed by atoms with Crippen LogP contribution in [0.2, 0.25) is 0 Å². The summed E-state index contributed by atoms with van der Waals surface area (Å²) in [7, 11) is 2.09. The minimum absolute atomic E-state index is 0.0322. The fraction of sp³-hybridized carbons (Fsp3) is 0.571. The highest BCUT2D eigenvalue weighted by Gasteiger charge is 2.29. The van der Waals surface area contributed by atoms with Crippen LogP contribution < -0.4 is 11.3 Å². The molecule has 108 valence electrons. The summed E-state index contributed by atoms with van der Waals surface area (Å²) in [6.45, 7) is 1.41. The van der Waals surface area contributed by atoms with Crippen LogP contribution in [0.1, 0.15) is 25.1 Å². The van der Waals surface area contributed by atoms with Gasteiger partial charge in [-0.05, 0) is 43.8 Å². The van der Waals surface area contributed by atoms with Crippen molar-refractivity contribution in [2.45, 2.75) is 31.8 Å². The lowest BCUT2D eigenvalue weighted by atomic mass is 10.0. The van der Waals surface area contributed by atoms with Gasteiger partial charge in [0.1, 0.15) is 10.5 Å². The molecule has 0 radical (unpaired) electrons. The summed E-state index contributed by atoms with van der Waals surface area (Å²) in [4.78, 5) is 21.7. The topological polar surface area (TPSA) is 75.0 Å². The number of hydrogen-bond donors (Lipinski definition) is 2. The first kappa shape index (κ1) is 13.7. The van der Waals surface area contributed by atoms with Gasteiger partial charge in [-0.3, -0.25) is 9.69 Å². The van der Waals surface area contributed by atoms with Gasteiger partial charge in [-0.1, -0.05) is 6.42 Å². The van der Waals surface area contributed by atoms with Crippen molar-refractivity contribution in [2.75, 3.05) is 13.6 Å². The van der Waals surface area contributed by atoms with Crippen molar-refractivity contribution in [3.63, 3.8) is 0 Å². The smallest absolute Gasteiger partial charge is 0.268 e. The molecule has 2 aromatic rings. The number of H-pyrrole nitrogens is 1. The van der Waals surface area contributed by atoms with E-state index in [1.165, 1.54) is 30.6 Å². The van der Waals surface area contributed by atoms with Gasteiger partial charge in [0, 0.05) is 6.04 Å². The minimum atomic E-state index is -0.0322. The summed E-state index contributed by atoms with van der Waals surface area (Å²) in [6.07, 6.45) is 3.63. The normalized spacial score (nSPS) is 22.9. The molecule has 0 bridgehead atoms. The van der Waals surface area contributed by atoms with Crippen LogP contribution in [-0.2, 0) is 6.54 Å². The molecule has 0 aliphatic heterocycles. The van der Waals surface area contributed by atoms with E-state index in [9.17, 15) is 4.79 Å². The standard InChI is InChI=1S/C14H20N4OS/c1-18(11-4-2-3-9(11)7-15)8-12-16-10-5-6-20-13(10)14(19)17-12/h5-6,9,11H,2-4,7-8,15H2,1H3,(H,16,17,19). The molecule has 0 spiro atoms. The molecule has 1 aliphatic rings. The van der Waals surface area contributed by atoms with Crippen LogP contribution in [0.15, 0.2) is 16.2 Å². The zero-order valence-electron chi connectivity index (χ0n) is 11.6. The highest BCUT2D eigenvalue weighted by molar-refractivity contribution is 7.17. The third kappa shape index (κ3) is 2.51. The summed E-state index contributed by atoms with van der Waals surface area (Å²) in [5.74, 6) is 1.31. The average molecular weight is 292 g/mol. The second-order valence-corrected chi connectivity index (χ2v) is 6.47. The lowest BCUT2D eigenvalue weighted by molar-refractivity contribution is 0.188. The van der Waals surface area contributed by atoms with Gasteiger partial charge in [0.25, 0.3) is 5.56 Å². The Morgan fingerprint density at radius 2 is 2.40 bits per heavy atom. The predicted octanol–water partition coefficient (Wildman–Crippen LogP) is 1.54. The van der Waals surface area contributed by atoms with Crippen LogP contribution in [-0.4, -0.2) is 34.5 Å². The molecule has 6 heteroatoms. The molecule has 0 saturated heterocycles. The van der Waals surface area contributed by atoms with Gasteiger partial charge < -0.3 is 10.7 Å². The van der Waals surface area contributed by atoms with E-state index in [0.717, 1.165) is 17.9 Å². The maximum Gasteiger partial charge on any atom is 0.268 e. The van der Waals surface area contributed by atoms with E-state index < -0.39 is 0 Å². The molecule has 1 saturated carbocycles. The Kier molecular flexibility index (Phi) is 3.87. The lowest BCUT2D eigenvalue weighted by Crippen LogP contribution is -2.37. The number of hydrogen-bond acceptors (Lipinski definition) is 5. The van der Waals surface area contributed by atoms with Gasteiger partial charge in [0.15, 0.2) is 0 Å². The predicted molar refractivity (Wildman–Crippen MR) is 81.9 cm³/mol. The SMILES string of the molecule is CN(Cc1nc2ccsc2c(=O)[nH]1)C1CCCC1CN. The van der Waals surface area contributed by atoms with E-state index in [2.05, 4.69) is 21.9 Å². The largest absolute Gasteiger partial charge is 0.330 e. The summed E-state index contributed by atoms with van der Waals surface area (Å²) < 4.78 is 0.706. The van der Waals surface area contributed by atoms with Crippen molar-refractivity contribution < 1.29 is 0 Å². The number of rotatable bonds is 4. The number of aromatic nitrogens is 2. The zero-order chi connectivity index (χ0) is 14.1. The zero-order valence-corrected chi connectivity index (χ0v) is 12.4. The molecule has 5 nitrogen and oxygen atoms in total.